The van der Waals surface area contributed by atoms with Crippen molar-refractivity contribution in [2.24, 2.45) is 0 Å². The highest BCUT2D eigenvalue weighted by Gasteiger charge is 2.38. The van der Waals surface area contributed by atoms with E-state index in [0.29, 0.717) is 28.3 Å². The van der Waals surface area contributed by atoms with Crippen molar-refractivity contribution in [2.75, 3.05) is 11.4 Å². The lowest BCUT2D eigenvalue weighted by Gasteiger charge is -2.27. The van der Waals surface area contributed by atoms with Gasteiger partial charge in [0, 0.05) is 18.2 Å². The molecule has 2 aromatic heterocycles. The quantitative estimate of drug-likeness (QED) is 0.323. The minimum atomic E-state index is -4.48. The first kappa shape index (κ1) is 23.9. The summed E-state index contributed by atoms with van der Waals surface area (Å²) in [5.74, 6) is 0. The van der Waals surface area contributed by atoms with E-state index in [0.717, 1.165) is 17.7 Å². The molecule has 0 saturated heterocycles. The minimum absolute atomic E-state index is 0.107. The van der Waals surface area contributed by atoms with Crippen molar-refractivity contribution >= 4 is 15.7 Å². The van der Waals surface area contributed by atoms with Gasteiger partial charge in [0.15, 0.2) is 0 Å². The predicted molar refractivity (Wildman–Crippen MR) is 134 cm³/mol. The number of halogens is 3. The van der Waals surface area contributed by atoms with Crippen LogP contribution >= 0.6 is 0 Å². The Morgan fingerprint density at radius 1 is 0.921 bits per heavy atom. The molecule has 0 radical (unpaired) electrons. The van der Waals surface area contributed by atoms with Gasteiger partial charge in [0.05, 0.1) is 34.6 Å². The summed E-state index contributed by atoms with van der Waals surface area (Å²) in [5, 5.41) is 13.0. The van der Waals surface area contributed by atoms with Crippen molar-refractivity contribution in [1.29, 1.82) is 0 Å². The molecular weight excluding hydrogens is 517 g/mol. The van der Waals surface area contributed by atoms with Gasteiger partial charge in [-0.15, -0.1) is 5.10 Å². The topological polar surface area (TPSA) is 85.9 Å². The third-order valence-electron chi connectivity index (χ3n) is 6.36. The summed E-state index contributed by atoms with van der Waals surface area (Å²) >= 11 is 0. The Hall–Kier alpha value is -4.45. The van der Waals surface area contributed by atoms with Gasteiger partial charge in [-0.05, 0) is 24.3 Å². The van der Waals surface area contributed by atoms with E-state index in [-0.39, 0.29) is 17.1 Å². The summed E-state index contributed by atoms with van der Waals surface area (Å²) in [6, 6.07) is 20.7. The van der Waals surface area contributed by atoms with Gasteiger partial charge >= 0.3 is 6.18 Å². The first-order valence-electron chi connectivity index (χ1n) is 11.5. The fourth-order valence-electron chi connectivity index (χ4n) is 4.55. The van der Waals surface area contributed by atoms with Crippen LogP contribution in [-0.2, 0) is 22.7 Å². The zero-order chi connectivity index (χ0) is 26.7. The Kier molecular flexibility index (Phi) is 5.38. The maximum Gasteiger partial charge on any atom is 0.416 e. The van der Waals surface area contributed by atoms with Crippen LogP contribution in [0.5, 0.6) is 0 Å². The predicted octanol–water partition coefficient (Wildman–Crippen LogP) is 5.00. The van der Waals surface area contributed by atoms with Gasteiger partial charge in [0.1, 0.15) is 17.1 Å². The van der Waals surface area contributed by atoms with Crippen LogP contribution in [0.25, 0.3) is 28.2 Å². The molecule has 38 heavy (non-hydrogen) atoms. The number of hydrogen-bond donors (Lipinski definition) is 0. The van der Waals surface area contributed by atoms with E-state index in [2.05, 4.69) is 10.3 Å². The van der Waals surface area contributed by atoms with Crippen molar-refractivity contribution < 1.29 is 21.6 Å². The molecule has 0 N–H and O–H groups in total. The average molecular weight is 537 g/mol. The number of fused-ring (bicyclic) bond motifs is 3. The Balaban J connectivity index is 1.47. The lowest BCUT2D eigenvalue weighted by molar-refractivity contribution is -0.137. The van der Waals surface area contributed by atoms with Gasteiger partial charge in [0.25, 0.3) is 10.0 Å². The number of sulfonamides is 1. The van der Waals surface area contributed by atoms with E-state index in [1.807, 2.05) is 30.3 Å². The van der Waals surface area contributed by atoms with Crippen molar-refractivity contribution in [3.8, 4) is 28.2 Å². The number of nitrogens with zero attached hydrogens (tertiary/aromatic N) is 6. The van der Waals surface area contributed by atoms with Gasteiger partial charge in [0.2, 0.25) is 0 Å². The molecule has 0 aliphatic carbocycles. The van der Waals surface area contributed by atoms with Crippen molar-refractivity contribution in [3.63, 3.8) is 0 Å². The normalized spacial score (nSPS) is 14.3. The fraction of sp³-hybridized carbons (Fsp3) is 0.115. The SMILES string of the molecule is CN1c2c(-c3ccccc3)nn(Cc3cn(-c4cccc(C(F)(F)F)c4)nn3)c2-c2ccccc2S1(=O)=O. The van der Waals surface area contributed by atoms with Crippen LogP contribution in [0.1, 0.15) is 11.3 Å². The summed E-state index contributed by atoms with van der Waals surface area (Å²) in [4.78, 5) is 0.156. The second-order valence-corrected chi connectivity index (χ2v) is 10.7. The lowest BCUT2D eigenvalue weighted by atomic mass is 10.1. The van der Waals surface area contributed by atoms with Crippen LogP contribution in [0.3, 0.4) is 0 Å². The highest BCUT2D eigenvalue weighted by atomic mass is 32.2. The number of benzene rings is 3. The molecule has 8 nitrogen and oxygen atoms in total. The summed E-state index contributed by atoms with van der Waals surface area (Å²) in [7, 11) is -2.32. The molecule has 1 aliphatic rings. The van der Waals surface area contributed by atoms with Crippen molar-refractivity contribution in [1.82, 2.24) is 24.8 Å². The highest BCUT2D eigenvalue weighted by molar-refractivity contribution is 7.93. The molecule has 0 atom stereocenters. The number of alkyl halides is 3. The standard InChI is InChI=1S/C26H19F3N6O2S/c1-33-25-23(17-8-3-2-4-9-17)31-35(24(25)21-12-5-6-13-22(21)38(33,36)37)16-19-15-34(32-30-19)20-11-7-10-18(14-20)26(27,28)29/h2-15H,16H2,1H3. The monoisotopic (exact) mass is 536 g/mol. The highest BCUT2D eigenvalue weighted by Crippen LogP contribution is 2.47. The van der Waals surface area contributed by atoms with Crippen LogP contribution in [-0.4, -0.2) is 40.2 Å². The molecule has 0 bridgehead atoms. The maximum absolute atomic E-state index is 13.4. The minimum Gasteiger partial charge on any atom is -0.265 e. The average Bonchev–Trinajstić information content (AvgIpc) is 3.53. The molecular formula is C26H19F3N6O2S. The molecule has 3 heterocycles. The van der Waals surface area contributed by atoms with Crippen LogP contribution in [0.4, 0.5) is 18.9 Å². The van der Waals surface area contributed by atoms with E-state index in [1.54, 1.807) is 28.9 Å². The summed E-state index contributed by atoms with van der Waals surface area (Å²) < 4.78 is 70.4. The lowest BCUT2D eigenvalue weighted by Crippen LogP contribution is -2.30. The number of rotatable bonds is 4. The molecule has 192 valence electrons. The molecule has 5 aromatic rings. The first-order chi connectivity index (χ1) is 18.1. The Morgan fingerprint density at radius 2 is 1.66 bits per heavy atom. The number of hydrogen-bond acceptors (Lipinski definition) is 5. The zero-order valence-electron chi connectivity index (χ0n) is 19.8. The van der Waals surface area contributed by atoms with E-state index in [1.165, 1.54) is 34.4 Å². The summed E-state index contributed by atoms with van der Waals surface area (Å²) in [6.45, 7) is 0.107. The molecule has 12 heteroatoms. The van der Waals surface area contributed by atoms with E-state index in [4.69, 9.17) is 5.10 Å². The van der Waals surface area contributed by atoms with Gasteiger partial charge in [-0.1, -0.05) is 59.8 Å². The molecule has 0 unspecified atom stereocenters. The third kappa shape index (κ3) is 3.84. The van der Waals surface area contributed by atoms with Crippen LogP contribution in [0, 0.1) is 0 Å². The largest absolute Gasteiger partial charge is 0.416 e. The summed E-state index contributed by atoms with van der Waals surface area (Å²) in [6.07, 6.45) is -2.96. The van der Waals surface area contributed by atoms with E-state index < -0.39 is 21.8 Å². The molecule has 1 aliphatic heterocycles. The van der Waals surface area contributed by atoms with Gasteiger partial charge in [-0.25, -0.2) is 13.1 Å². The molecule has 0 spiro atoms. The molecule has 0 fully saturated rings. The van der Waals surface area contributed by atoms with Crippen molar-refractivity contribution in [2.45, 2.75) is 17.6 Å². The second kappa shape index (κ2) is 8.55. The summed E-state index contributed by atoms with van der Waals surface area (Å²) in [5.41, 5.74) is 2.58. The second-order valence-electron chi connectivity index (χ2n) is 8.74. The Labute approximate surface area is 215 Å². The first-order valence-corrected chi connectivity index (χ1v) is 12.9. The molecule has 6 rings (SSSR count). The molecule has 3 aromatic carbocycles. The fourth-order valence-corrected chi connectivity index (χ4v) is 5.95. The van der Waals surface area contributed by atoms with Gasteiger partial charge in [-0.2, -0.15) is 18.3 Å². The number of aromatic nitrogens is 5. The maximum atomic E-state index is 13.4. The van der Waals surface area contributed by atoms with Crippen LogP contribution in [0.15, 0.2) is 90.0 Å². The Morgan fingerprint density at radius 3 is 2.42 bits per heavy atom. The van der Waals surface area contributed by atoms with Crippen LogP contribution < -0.4 is 4.31 Å². The van der Waals surface area contributed by atoms with Crippen molar-refractivity contribution in [3.05, 3.63) is 96.3 Å². The molecule has 0 saturated carbocycles. The van der Waals surface area contributed by atoms with Crippen LogP contribution in [0.2, 0.25) is 0 Å². The van der Waals surface area contributed by atoms with E-state index in [9.17, 15) is 21.6 Å². The Bertz CT molecular complexity index is 1780. The smallest absolute Gasteiger partial charge is 0.265 e. The zero-order valence-corrected chi connectivity index (χ0v) is 20.6. The van der Waals surface area contributed by atoms with Gasteiger partial charge in [-0.3, -0.25) is 8.99 Å². The number of anilines is 1. The van der Waals surface area contributed by atoms with Gasteiger partial charge < -0.3 is 0 Å². The van der Waals surface area contributed by atoms with E-state index >= 15 is 0 Å². The third-order valence-corrected chi connectivity index (χ3v) is 8.18. The molecule has 0 amide bonds.